The quantitative estimate of drug-likeness (QED) is 0.451. The second kappa shape index (κ2) is 10.9. The van der Waals surface area contributed by atoms with Crippen LogP contribution in [0.5, 0.6) is 11.5 Å². The number of rotatable bonds is 10. The second-order valence-electron chi connectivity index (χ2n) is 8.10. The maximum absolute atomic E-state index is 12.9. The molecule has 186 valence electrons. The van der Waals surface area contributed by atoms with Crippen molar-refractivity contribution in [3.8, 4) is 22.9 Å². The van der Waals surface area contributed by atoms with Gasteiger partial charge in [-0.3, -0.25) is 4.79 Å². The monoisotopic (exact) mass is 500 g/mol. The maximum Gasteiger partial charge on any atom is 0.246 e. The Morgan fingerprint density at radius 2 is 1.83 bits per heavy atom. The Kier molecular flexibility index (Phi) is 7.67. The number of nitrogens with zero attached hydrogens (tertiary/aromatic N) is 3. The number of nitrogens with one attached hydrogen (secondary N) is 1. The molecule has 0 saturated carbocycles. The summed E-state index contributed by atoms with van der Waals surface area (Å²) in [4.78, 5) is 17.0. The first-order chi connectivity index (χ1) is 16.9. The summed E-state index contributed by atoms with van der Waals surface area (Å²) in [5.41, 5.74) is 1.42. The van der Waals surface area contributed by atoms with Crippen LogP contribution in [0.2, 0.25) is 0 Å². The zero-order chi connectivity index (χ0) is 24.8. The van der Waals surface area contributed by atoms with E-state index in [2.05, 4.69) is 15.5 Å². The van der Waals surface area contributed by atoms with Crippen LogP contribution in [0.4, 0.5) is 0 Å². The molecular weight excluding hydrogens is 472 g/mol. The Hall–Kier alpha value is -3.44. The van der Waals surface area contributed by atoms with Crippen molar-refractivity contribution in [2.45, 2.75) is 37.1 Å². The third-order valence-electron chi connectivity index (χ3n) is 5.83. The van der Waals surface area contributed by atoms with Gasteiger partial charge in [-0.25, -0.2) is 8.42 Å². The molecule has 1 aliphatic heterocycles. The number of carbonyl (C=O) groups is 1. The first-order valence-corrected chi connectivity index (χ1v) is 12.8. The minimum absolute atomic E-state index is 0.0858. The van der Waals surface area contributed by atoms with E-state index in [0.717, 1.165) is 24.2 Å². The zero-order valence-electron chi connectivity index (χ0n) is 19.7. The molecule has 0 unspecified atom stereocenters. The van der Waals surface area contributed by atoms with Gasteiger partial charge in [0.15, 0.2) is 0 Å². The van der Waals surface area contributed by atoms with E-state index in [-0.39, 0.29) is 29.7 Å². The van der Waals surface area contributed by atoms with Crippen LogP contribution in [0.3, 0.4) is 0 Å². The summed E-state index contributed by atoms with van der Waals surface area (Å²) in [7, 11) is -0.445. The van der Waals surface area contributed by atoms with Crippen LogP contribution in [0, 0.1) is 0 Å². The van der Waals surface area contributed by atoms with Crippen molar-refractivity contribution in [3.63, 3.8) is 0 Å². The Labute approximate surface area is 204 Å². The Morgan fingerprint density at radius 3 is 2.51 bits per heavy atom. The lowest BCUT2D eigenvalue weighted by molar-refractivity contribution is -0.121. The summed E-state index contributed by atoms with van der Waals surface area (Å²) in [5, 5.41) is 6.70. The molecule has 10 nitrogen and oxygen atoms in total. The predicted octanol–water partition coefficient (Wildman–Crippen LogP) is 2.79. The minimum atomic E-state index is -3.55. The van der Waals surface area contributed by atoms with E-state index in [1.165, 1.54) is 11.4 Å². The van der Waals surface area contributed by atoms with Crippen molar-refractivity contribution in [2.75, 3.05) is 27.3 Å². The molecular formula is C24H28N4O6S. The molecule has 0 aliphatic carbocycles. The van der Waals surface area contributed by atoms with E-state index in [1.807, 2.05) is 12.1 Å². The molecule has 0 spiro atoms. The zero-order valence-corrected chi connectivity index (χ0v) is 20.5. The van der Waals surface area contributed by atoms with Gasteiger partial charge >= 0.3 is 0 Å². The molecule has 1 aromatic heterocycles. The smallest absolute Gasteiger partial charge is 0.246 e. The molecule has 0 atom stereocenters. The number of aromatic nitrogens is 2. The Morgan fingerprint density at radius 1 is 1.09 bits per heavy atom. The summed E-state index contributed by atoms with van der Waals surface area (Å²) in [5.74, 6) is 1.72. The molecule has 3 aromatic rings. The van der Waals surface area contributed by atoms with E-state index in [4.69, 9.17) is 14.0 Å². The standard InChI is InChI=1S/C24H28N4O6S/c1-32-19-8-5-17(6-9-19)24-26-23(34-27-24)16-25-22(29)12-7-18-15-20(10-11-21(18)33-2)35(30,31)28-13-3-4-14-28/h5-6,8-11,15H,3-4,7,12-14,16H2,1-2H3,(H,25,29). The fraction of sp³-hybridized carbons (Fsp3) is 0.375. The second-order valence-corrected chi connectivity index (χ2v) is 10.0. The summed E-state index contributed by atoms with van der Waals surface area (Å²) in [6, 6.07) is 12.0. The lowest BCUT2D eigenvalue weighted by Gasteiger charge is -2.17. The van der Waals surface area contributed by atoms with Crippen LogP contribution in [0.1, 0.15) is 30.7 Å². The molecule has 1 aliphatic rings. The number of amides is 1. The van der Waals surface area contributed by atoms with Gasteiger partial charge in [0.05, 0.1) is 25.7 Å². The summed E-state index contributed by atoms with van der Waals surface area (Å²) in [6.45, 7) is 1.15. The van der Waals surface area contributed by atoms with E-state index in [9.17, 15) is 13.2 Å². The van der Waals surface area contributed by atoms with Gasteiger partial charge in [0.25, 0.3) is 0 Å². The van der Waals surface area contributed by atoms with Gasteiger partial charge in [-0.2, -0.15) is 9.29 Å². The average molecular weight is 501 g/mol. The van der Waals surface area contributed by atoms with E-state index >= 15 is 0 Å². The number of hydrogen-bond acceptors (Lipinski definition) is 8. The van der Waals surface area contributed by atoms with Crippen molar-refractivity contribution in [3.05, 3.63) is 53.9 Å². The minimum Gasteiger partial charge on any atom is -0.497 e. The third kappa shape index (κ3) is 5.80. The first-order valence-electron chi connectivity index (χ1n) is 11.3. The van der Waals surface area contributed by atoms with Gasteiger partial charge in [-0.1, -0.05) is 5.16 Å². The van der Waals surface area contributed by atoms with Crippen LogP contribution >= 0.6 is 0 Å². The number of sulfonamides is 1. The predicted molar refractivity (Wildman–Crippen MR) is 127 cm³/mol. The maximum atomic E-state index is 12.9. The van der Waals surface area contributed by atoms with Crippen LogP contribution in [0.25, 0.3) is 11.4 Å². The summed E-state index contributed by atoms with van der Waals surface area (Å²) < 4.78 is 43.0. The Bertz CT molecular complexity index is 1270. The number of ether oxygens (including phenoxy) is 2. The molecule has 0 radical (unpaired) electrons. The topological polar surface area (TPSA) is 124 Å². The molecule has 1 fully saturated rings. The highest BCUT2D eigenvalue weighted by Crippen LogP contribution is 2.27. The van der Waals surface area contributed by atoms with Crippen molar-refractivity contribution >= 4 is 15.9 Å². The van der Waals surface area contributed by atoms with E-state index < -0.39 is 10.0 Å². The van der Waals surface area contributed by atoms with Gasteiger partial charge in [0, 0.05) is 25.1 Å². The SMILES string of the molecule is COc1ccc(-c2noc(CNC(=O)CCc3cc(S(=O)(=O)N4CCCC4)ccc3OC)n2)cc1. The van der Waals surface area contributed by atoms with E-state index in [0.29, 0.717) is 36.6 Å². The summed E-state index contributed by atoms with van der Waals surface area (Å²) >= 11 is 0. The number of methoxy groups -OCH3 is 2. The highest BCUT2D eigenvalue weighted by Gasteiger charge is 2.27. The fourth-order valence-corrected chi connectivity index (χ4v) is 5.45. The van der Waals surface area contributed by atoms with Gasteiger partial charge < -0.3 is 19.3 Å². The van der Waals surface area contributed by atoms with Crippen LogP contribution in [-0.4, -0.2) is 56.1 Å². The normalized spacial score (nSPS) is 14.1. The van der Waals surface area contributed by atoms with Crippen molar-refractivity contribution in [2.24, 2.45) is 0 Å². The third-order valence-corrected chi connectivity index (χ3v) is 7.72. The van der Waals surface area contributed by atoms with Crippen molar-refractivity contribution in [1.82, 2.24) is 19.8 Å². The van der Waals surface area contributed by atoms with Gasteiger partial charge in [0.2, 0.25) is 27.6 Å². The average Bonchev–Trinajstić information content (AvgIpc) is 3.59. The fourth-order valence-electron chi connectivity index (χ4n) is 3.88. The van der Waals surface area contributed by atoms with Crippen LogP contribution < -0.4 is 14.8 Å². The lowest BCUT2D eigenvalue weighted by atomic mass is 10.1. The number of hydrogen-bond donors (Lipinski definition) is 1. The largest absolute Gasteiger partial charge is 0.497 e. The molecule has 1 amide bonds. The molecule has 11 heteroatoms. The summed E-state index contributed by atoms with van der Waals surface area (Å²) in [6.07, 6.45) is 2.19. The molecule has 1 N–H and O–H groups in total. The number of benzene rings is 2. The van der Waals surface area contributed by atoms with Crippen molar-refractivity contribution < 1.29 is 27.2 Å². The van der Waals surface area contributed by atoms with Gasteiger partial charge in [0.1, 0.15) is 11.5 Å². The first kappa shape index (κ1) is 24.7. The number of carbonyl (C=O) groups excluding carboxylic acids is 1. The van der Waals surface area contributed by atoms with E-state index in [1.54, 1.807) is 37.4 Å². The molecule has 1 saturated heterocycles. The van der Waals surface area contributed by atoms with Gasteiger partial charge in [-0.05, 0) is 67.3 Å². The molecule has 2 heterocycles. The highest BCUT2D eigenvalue weighted by molar-refractivity contribution is 7.89. The van der Waals surface area contributed by atoms with Gasteiger partial charge in [-0.15, -0.1) is 0 Å². The van der Waals surface area contributed by atoms with Crippen LogP contribution in [0.15, 0.2) is 51.9 Å². The lowest BCUT2D eigenvalue weighted by Crippen LogP contribution is -2.28. The molecule has 2 aromatic carbocycles. The molecule has 0 bridgehead atoms. The highest BCUT2D eigenvalue weighted by atomic mass is 32.2. The van der Waals surface area contributed by atoms with Crippen molar-refractivity contribution in [1.29, 1.82) is 0 Å². The molecule has 35 heavy (non-hydrogen) atoms. The molecule has 4 rings (SSSR count). The number of aryl methyl sites for hydroxylation is 1. The Balaban J connectivity index is 1.35. The van der Waals surface area contributed by atoms with Crippen LogP contribution in [-0.2, 0) is 27.8 Å².